The van der Waals surface area contributed by atoms with Crippen molar-refractivity contribution in [1.82, 2.24) is 10.6 Å². The lowest BCUT2D eigenvalue weighted by Gasteiger charge is -2.21. The zero-order valence-corrected chi connectivity index (χ0v) is 15.7. The van der Waals surface area contributed by atoms with Gasteiger partial charge in [-0.1, -0.05) is 50.2 Å². The second-order valence-electron chi connectivity index (χ2n) is 6.34. The lowest BCUT2D eigenvalue weighted by molar-refractivity contribution is -0.131. The molecule has 2 aromatic carbocycles. The highest BCUT2D eigenvalue weighted by Gasteiger charge is 2.24. The number of amides is 2. The average molecular weight is 370 g/mol. The summed E-state index contributed by atoms with van der Waals surface area (Å²) in [5.41, 5.74) is 0. The first kappa shape index (κ1) is 20.3. The van der Waals surface area contributed by atoms with Crippen LogP contribution in [0.25, 0.3) is 0 Å². The van der Waals surface area contributed by atoms with Gasteiger partial charge in [-0.3, -0.25) is 9.59 Å². The van der Waals surface area contributed by atoms with Crippen LogP contribution in [0.1, 0.15) is 13.8 Å². The molecule has 144 valence electrons. The van der Waals surface area contributed by atoms with Gasteiger partial charge in [0.2, 0.25) is 5.91 Å². The summed E-state index contributed by atoms with van der Waals surface area (Å²) in [6.45, 7) is 4.32. The van der Waals surface area contributed by atoms with Gasteiger partial charge in [-0.25, -0.2) is 0 Å². The Balaban J connectivity index is 1.74. The molecule has 6 nitrogen and oxygen atoms in total. The molecule has 2 aromatic rings. The zero-order valence-electron chi connectivity index (χ0n) is 15.7. The highest BCUT2D eigenvalue weighted by atomic mass is 16.5. The summed E-state index contributed by atoms with van der Waals surface area (Å²) in [5.74, 6) is 0.721. The van der Waals surface area contributed by atoms with Crippen molar-refractivity contribution in [3.63, 3.8) is 0 Å². The molecule has 0 saturated carbocycles. The second-order valence-corrected chi connectivity index (χ2v) is 6.34. The number of nitrogens with one attached hydrogen (secondary N) is 2. The number of carbonyl (C=O) groups excluding carboxylic acids is 2. The summed E-state index contributed by atoms with van der Waals surface area (Å²) in [6, 6.07) is 17.8. The van der Waals surface area contributed by atoms with Crippen molar-refractivity contribution in [3.8, 4) is 11.5 Å². The van der Waals surface area contributed by atoms with Gasteiger partial charge in [0.1, 0.15) is 24.1 Å². The van der Waals surface area contributed by atoms with Crippen LogP contribution >= 0.6 is 0 Å². The smallest absolute Gasteiger partial charge is 0.258 e. The van der Waals surface area contributed by atoms with Crippen molar-refractivity contribution in [2.24, 2.45) is 5.92 Å². The largest absolute Gasteiger partial charge is 0.492 e. The van der Waals surface area contributed by atoms with Crippen LogP contribution in [0.2, 0.25) is 0 Å². The maximum absolute atomic E-state index is 12.4. The van der Waals surface area contributed by atoms with Crippen LogP contribution in [0.3, 0.4) is 0 Å². The Morgan fingerprint density at radius 3 is 2.00 bits per heavy atom. The number of para-hydroxylation sites is 2. The van der Waals surface area contributed by atoms with E-state index in [-0.39, 0.29) is 24.3 Å². The Hall–Kier alpha value is -3.02. The molecule has 1 atom stereocenters. The second kappa shape index (κ2) is 10.9. The van der Waals surface area contributed by atoms with Gasteiger partial charge in [-0.15, -0.1) is 0 Å². The monoisotopic (exact) mass is 370 g/mol. The van der Waals surface area contributed by atoms with E-state index in [4.69, 9.17) is 9.47 Å². The quantitative estimate of drug-likeness (QED) is 0.630. The van der Waals surface area contributed by atoms with Crippen LogP contribution in [0.4, 0.5) is 0 Å². The standard InChI is InChI=1S/C21H26N2O4/c1-16(2)20(23-19(24)15-27-18-11-7-4-8-12-18)21(25)22-13-14-26-17-9-5-3-6-10-17/h3-12,16,20H,13-15H2,1-2H3,(H,22,25)(H,23,24)/t20-/m0/s1. The molecule has 0 aliphatic rings. The number of benzene rings is 2. The van der Waals surface area contributed by atoms with Gasteiger partial charge in [0, 0.05) is 0 Å². The summed E-state index contributed by atoms with van der Waals surface area (Å²) in [7, 11) is 0. The van der Waals surface area contributed by atoms with Gasteiger partial charge in [0.15, 0.2) is 6.61 Å². The number of hydrogen-bond acceptors (Lipinski definition) is 4. The van der Waals surface area contributed by atoms with E-state index in [0.717, 1.165) is 5.75 Å². The molecule has 6 heteroatoms. The average Bonchev–Trinajstić information content (AvgIpc) is 2.69. The highest BCUT2D eigenvalue weighted by molar-refractivity contribution is 5.88. The maximum atomic E-state index is 12.4. The summed E-state index contributed by atoms with van der Waals surface area (Å²) < 4.78 is 11.0. The van der Waals surface area contributed by atoms with Crippen LogP contribution < -0.4 is 20.1 Å². The molecule has 27 heavy (non-hydrogen) atoms. The van der Waals surface area contributed by atoms with Gasteiger partial charge >= 0.3 is 0 Å². The van der Waals surface area contributed by atoms with E-state index < -0.39 is 6.04 Å². The van der Waals surface area contributed by atoms with Crippen molar-refractivity contribution >= 4 is 11.8 Å². The fourth-order valence-corrected chi connectivity index (χ4v) is 2.39. The lowest BCUT2D eigenvalue weighted by atomic mass is 10.0. The fraction of sp³-hybridized carbons (Fsp3) is 0.333. The number of hydrogen-bond donors (Lipinski definition) is 2. The molecule has 2 amide bonds. The molecule has 0 aliphatic heterocycles. The predicted octanol–water partition coefficient (Wildman–Crippen LogP) is 2.40. The van der Waals surface area contributed by atoms with Crippen molar-refractivity contribution < 1.29 is 19.1 Å². The molecule has 2 N–H and O–H groups in total. The molecule has 0 saturated heterocycles. The summed E-state index contributed by atoms with van der Waals surface area (Å²) >= 11 is 0. The Kier molecular flexibility index (Phi) is 8.16. The van der Waals surface area contributed by atoms with E-state index >= 15 is 0 Å². The van der Waals surface area contributed by atoms with Gasteiger partial charge in [-0.2, -0.15) is 0 Å². The molecule has 0 heterocycles. The van der Waals surface area contributed by atoms with E-state index in [1.54, 1.807) is 12.1 Å². The third-order valence-electron chi connectivity index (χ3n) is 3.79. The Morgan fingerprint density at radius 2 is 1.44 bits per heavy atom. The predicted molar refractivity (Wildman–Crippen MR) is 104 cm³/mol. The summed E-state index contributed by atoms with van der Waals surface area (Å²) in [4.78, 5) is 24.5. The SMILES string of the molecule is CC(C)[C@H](NC(=O)COc1ccccc1)C(=O)NCCOc1ccccc1. The molecule has 0 unspecified atom stereocenters. The zero-order chi connectivity index (χ0) is 19.5. The molecule has 0 aromatic heterocycles. The van der Waals surface area contributed by atoms with Crippen molar-refractivity contribution in [2.45, 2.75) is 19.9 Å². The number of rotatable bonds is 10. The van der Waals surface area contributed by atoms with Crippen LogP contribution in [0, 0.1) is 5.92 Å². The lowest BCUT2D eigenvalue weighted by Crippen LogP contribution is -2.51. The Bertz CT molecular complexity index is 705. The molecular formula is C21H26N2O4. The molecule has 0 spiro atoms. The first-order valence-electron chi connectivity index (χ1n) is 8.99. The summed E-state index contributed by atoms with van der Waals surface area (Å²) in [6.07, 6.45) is 0. The van der Waals surface area contributed by atoms with E-state index in [9.17, 15) is 9.59 Å². The topological polar surface area (TPSA) is 76.7 Å². The van der Waals surface area contributed by atoms with Crippen LogP contribution in [-0.2, 0) is 9.59 Å². The third-order valence-corrected chi connectivity index (χ3v) is 3.79. The summed E-state index contributed by atoms with van der Waals surface area (Å²) in [5, 5.41) is 5.52. The van der Waals surface area contributed by atoms with Gasteiger partial charge in [0.05, 0.1) is 6.54 Å². The van der Waals surface area contributed by atoms with Crippen molar-refractivity contribution in [2.75, 3.05) is 19.8 Å². The van der Waals surface area contributed by atoms with Crippen LogP contribution in [0.15, 0.2) is 60.7 Å². The fourth-order valence-electron chi connectivity index (χ4n) is 2.39. The van der Waals surface area contributed by atoms with Crippen LogP contribution in [-0.4, -0.2) is 37.6 Å². The van der Waals surface area contributed by atoms with Gasteiger partial charge in [-0.05, 0) is 30.2 Å². The normalized spacial score (nSPS) is 11.5. The molecule has 0 radical (unpaired) electrons. The van der Waals surface area contributed by atoms with Gasteiger partial charge < -0.3 is 20.1 Å². The minimum absolute atomic E-state index is 0.0549. The number of ether oxygens (including phenoxy) is 2. The molecule has 0 aliphatic carbocycles. The maximum Gasteiger partial charge on any atom is 0.258 e. The molecule has 0 fully saturated rings. The highest BCUT2D eigenvalue weighted by Crippen LogP contribution is 2.09. The molecule has 0 bridgehead atoms. The minimum Gasteiger partial charge on any atom is -0.492 e. The Labute approximate surface area is 159 Å². The molecular weight excluding hydrogens is 344 g/mol. The van der Waals surface area contributed by atoms with Gasteiger partial charge in [0.25, 0.3) is 5.91 Å². The van der Waals surface area contributed by atoms with E-state index in [0.29, 0.717) is 18.9 Å². The first-order valence-corrected chi connectivity index (χ1v) is 8.99. The molecule has 2 rings (SSSR count). The first-order chi connectivity index (χ1) is 13.1. The van der Waals surface area contributed by atoms with Crippen LogP contribution in [0.5, 0.6) is 11.5 Å². The van der Waals surface area contributed by atoms with Crippen molar-refractivity contribution in [3.05, 3.63) is 60.7 Å². The third kappa shape index (κ3) is 7.40. The van der Waals surface area contributed by atoms with E-state index in [2.05, 4.69) is 10.6 Å². The van der Waals surface area contributed by atoms with E-state index in [1.807, 2.05) is 62.4 Å². The Morgan fingerprint density at radius 1 is 0.889 bits per heavy atom. The van der Waals surface area contributed by atoms with Crippen molar-refractivity contribution in [1.29, 1.82) is 0 Å². The number of carbonyl (C=O) groups is 2. The van der Waals surface area contributed by atoms with E-state index in [1.165, 1.54) is 0 Å². The minimum atomic E-state index is -0.631.